The monoisotopic (exact) mass is 586 g/mol. The molecular weight excluding hydrogens is 528 g/mol. The van der Waals surface area contributed by atoms with Crippen molar-refractivity contribution < 1.29 is 39.2 Å². The van der Waals surface area contributed by atoms with Crippen molar-refractivity contribution in [1.29, 1.82) is 0 Å². The van der Waals surface area contributed by atoms with Gasteiger partial charge in [-0.1, -0.05) is 39.8 Å². The largest absolute Gasteiger partial charge is 0.459 e. The van der Waals surface area contributed by atoms with Gasteiger partial charge in [-0.05, 0) is 73.4 Å². The van der Waals surface area contributed by atoms with E-state index < -0.39 is 53.6 Å². The highest BCUT2D eigenvalue weighted by Gasteiger charge is 2.48. The quantitative estimate of drug-likeness (QED) is 0.315. The Labute approximate surface area is 247 Å². The average Bonchev–Trinajstić information content (AvgIpc) is 2.88. The number of esters is 1. The van der Waals surface area contributed by atoms with Crippen LogP contribution in [0.1, 0.15) is 94.4 Å². The Morgan fingerprint density at radius 1 is 1.02 bits per heavy atom. The van der Waals surface area contributed by atoms with Crippen LogP contribution < -0.4 is 0 Å². The molecule has 10 heteroatoms. The molecule has 10 nitrogen and oxygen atoms in total. The van der Waals surface area contributed by atoms with Crippen LogP contribution in [0.3, 0.4) is 0 Å². The van der Waals surface area contributed by atoms with Gasteiger partial charge in [-0.2, -0.15) is 0 Å². The first kappa shape index (κ1) is 35.9. The van der Waals surface area contributed by atoms with Gasteiger partial charge in [0.05, 0.1) is 35.5 Å². The molecule has 0 aromatic carbocycles. The van der Waals surface area contributed by atoms with Crippen LogP contribution in [0.2, 0.25) is 0 Å². The standard InChI is InChI=1S/C31H58N2O8/c1-12-24-31(9,37)27(34)22(7)26(32-38-13-2)20(5)17-30(8,36)28(18(3)14-19(4)29(35)40-24)41-25-16-23(33(10)11)15-21(6)39-25/h18-25,27-28,34,36-37H,12-17H2,1-11H3/b32-26+/t18-,19+,20+,21+,22-,23-,24+,25-,27+,28+,30+,31+/m0/s1. The lowest BCUT2D eigenvalue weighted by Crippen LogP contribution is -2.56. The fourth-order valence-corrected chi connectivity index (χ4v) is 6.75. The van der Waals surface area contributed by atoms with Crippen LogP contribution in [0.4, 0.5) is 0 Å². The predicted octanol–water partition coefficient (Wildman–Crippen LogP) is 3.74. The molecular formula is C31H58N2O8. The highest BCUT2D eigenvalue weighted by molar-refractivity contribution is 5.88. The first-order chi connectivity index (χ1) is 19.0. The number of carbonyl (C=O) groups excluding carboxylic acids is 1. The van der Waals surface area contributed by atoms with Crippen LogP contribution >= 0.6 is 0 Å². The Morgan fingerprint density at radius 2 is 1.66 bits per heavy atom. The highest BCUT2D eigenvalue weighted by atomic mass is 16.7. The van der Waals surface area contributed by atoms with Crippen molar-refractivity contribution in [2.24, 2.45) is 28.8 Å². The molecule has 0 amide bonds. The third-order valence-corrected chi connectivity index (χ3v) is 9.08. The molecule has 2 aliphatic rings. The first-order valence-corrected chi connectivity index (χ1v) is 15.5. The minimum Gasteiger partial charge on any atom is -0.459 e. The van der Waals surface area contributed by atoms with Crippen molar-refractivity contribution in [3.8, 4) is 0 Å². The molecule has 3 N–H and O–H groups in total. The Hall–Kier alpha value is -1.30. The SMILES string of the molecule is CCO/N=C1\[C@H](C)C[C@@](C)(O)[C@H](O[C@H]2C[C@@H](N(C)C)C[C@@H](C)O2)[C@@H](C)C[C@@H](C)C(=O)O[C@H](CC)[C@@](C)(O)[C@H](O)[C@H]1C. The summed E-state index contributed by atoms with van der Waals surface area (Å²) >= 11 is 0. The van der Waals surface area contributed by atoms with Gasteiger partial charge in [0.2, 0.25) is 0 Å². The van der Waals surface area contributed by atoms with Crippen LogP contribution in [-0.4, -0.2) is 101 Å². The third-order valence-electron chi connectivity index (χ3n) is 9.08. The number of aliphatic hydroxyl groups is 3. The van der Waals surface area contributed by atoms with E-state index in [4.69, 9.17) is 19.0 Å². The molecule has 0 aliphatic carbocycles. The van der Waals surface area contributed by atoms with Gasteiger partial charge in [0.1, 0.15) is 18.3 Å². The molecule has 41 heavy (non-hydrogen) atoms. The van der Waals surface area contributed by atoms with Crippen molar-refractivity contribution in [2.75, 3.05) is 20.7 Å². The molecule has 12 atom stereocenters. The van der Waals surface area contributed by atoms with Crippen molar-refractivity contribution in [3.63, 3.8) is 0 Å². The minimum atomic E-state index is -1.74. The summed E-state index contributed by atoms with van der Waals surface area (Å²) in [5, 5.41) is 39.3. The molecule has 0 radical (unpaired) electrons. The Balaban J connectivity index is 2.54. The Bertz CT molecular complexity index is 863. The van der Waals surface area contributed by atoms with E-state index in [0.717, 1.165) is 6.42 Å². The summed E-state index contributed by atoms with van der Waals surface area (Å²) in [4.78, 5) is 20.9. The minimum absolute atomic E-state index is 0.00114. The molecule has 0 spiro atoms. The lowest BCUT2D eigenvalue weighted by molar-refractivity contribution is -0.261. The second-order valence-corrected chi connectivity index (χ2v) is 13.3. The van der Waals surface area contributed by atoms with Crippen molar-refractivity contribution in [3.05, 3.63) is 0 Å². The van der Waals surface area contributed by atoms with Crippen molar-refractivity contribution >= 4 is 11.7 Å². The third kappa shape index (κ3) is 9.10. The highest BCUT2D eigenvalue weighted by Crippen LogP contribution is 2.37. The Kier molecular flexibility index (Phi) is 13.1. The summed E-state index contributed by atoms with van der Waals surface area (Å²) in [6.45, 7) is 16.7. The van der Waals surface area contributed by atoms with E-state index in [0.29, 0.717) is 31.6 Å². The number of rotatable bonds is 6. The van der Waals surface area contributed by atoms with Gasteiger partial charge in [0.25, 0.3) is 0 Å². The van der Waals surface area contributed by atoms with E-state index in [2.05, 4.69) is 10.1 Å². The summed E-state index contributed by atoms with van der Waals surface area (Å²) < 4.78 is 18.6. The number of hydrogen-bond donors (Lipinski definition) is 3. The number of hydrogen-bond acceptors (Lipinski definition) is 10. The van der Waals surface area contributed by atoms with Gasteiger partial charge in [-0.3, -0.25) is 4.79 Å². The number of cyclic esters (lactones) is 1. The fourth-order valence-electron chi connectivity index (χ4n) is 6.75. The zero-order chi connectivity index (χ0) is 31.3. The predicted molar refractivity (Wildman–Crippen MR) is 158 cm³/mol. The lowest BCUT2D eigenvalue weighted by atomic mass is 9.74. The van der Waals surface area contributed by atoms with Gasteiger partial charge in [0.15, 0.2) is 6.29 Å². The summed E-state index contributed by atoms with van der Waals surface area (Å²) in [7, 11) is 4.09. The normalized spacial score (nSPS) is 44.9. The van der Waals surface area contributed by atoms with Crippen LogP contribution in [0.5, 0.6) is 0 Å². The van der Waals surface area contributed by atoms with Gasteiger partial charge in [-0.25, -0.2) is 0 Å². The van der Waals surface area contributed by atoms with Crippen molar-refractivity contribution in [1.82, 2.24) is 4.90 Å². The fraction of sp³-hybridized carbons (Fsp3) is 0.935. The lowest BCUT2D eigenvalue weighted by Gasteiger charge is -2.45. The van der Waals surface area contributed by atoms with Crippen LogP contribution in [0, 0.1) is 23.7 Å². The molecule has 0 saturated carbocycles. The van der Waals surface area contributed by atoms with Crippen LogP contribution in [0.15, 0.2) is 5.16 Å². The van der Waals surface area contributed by atoms with E-state index in [-0.39, 0.29) is 30.4 Å². The van der Waals surface area contributed by atoms with E-state index in [1.54, 1.807) is 20.8 Å². The molecule has 240 valence electrons. The first-order valence-electron chi connectivity index (χ1n) is 15.5. The molecule has 2 rings (SSSR count). The topological polar surface area (TPSA) is 130 Å². The second-order valence-electron chi connectivity index (χ2n) is 13.3. The maximum atomic E-state index is 13.3. The summed E-state index contributed by atoms with van der Waals surface area (Å²) in [5.41, 5.74) is -2.58. The van der Waals surface area contributed by atoms with E-state index in [1.165, 1.54) is 6.92 Å². The number of oxime groups is 1. The molecule has 0 aromatic rings. The molecule has 0 bridgehead atoms. The maximum Gasteiger partial charge on any atom is 0.309 e. The van der Waals surface area contributed by atoms with E-state index in [9.17, 15) is 20.1 Å². The summed E-state index contributed by atoms with van der Waals surface area (Å²) in [6.07, 6.45) is -0.892. The number of carbonyl (C=O) groups is 1. The second kappa shape index (κ2) is 14.9. The van der Waals surface area contributed by atoms with Crippen molar-refractivity contribution in [2.45, 2.75) is 142 Å². The summed E-state index contributed by atoms with van der Waals surface area (Å²) in [5.74, 6) is -2.22. The molecule has 2 heterocycles. The van der Waals surface area contributed by atoms with E-state index in [1.807, 2.05) is 48.7 Å². The molecule has 0 aromatic heterocycles. The van der Waals surface area contributed by atoms with Gasteiger partial charge < -0.3 is 39.3 Å². The smallest absolute Gasteiger partial charge is 0.309 e. The molecule has 2 fully saturated rings. The van der Waals surface area contributed by atoms with Gasteiger partial charge >= 0.3 is 5.97 Å². The van der Waals surface area contributed by atoms with Gasteiger partial charge in [-0.15, -0.1) is 0 Å². The number of ether oxygens (including phenoxy) is 3. The zero-order valence-electron chi connectivity index (χ0n) is 27.3. The number of nitrogens with zero attached hydrogens (tertiary/aromatic N) is 2. The van der Waals surface area contributed by atoms with Crippen LogP contribution in [-0.2, 0) is 23.8 Å². The number of aliphatic hydroxyl groups excluding tert-OH is 1. The van der Waals surface area contributed by atoms with Crippen LogP contribution in [0.25, 0.3) is 0 Å². The molecule has 2 saturated heterocycles. The van der Waals surface area contributed by atoms with Gasteiger partial charge in [0, 0.05) is 24.3 Å². The molecule has 2 aliphatic heterocycles. The zero-order valence-corrected chi connectivity index (χ0v) is 27.3. The Morgan fingerprint density at radius 3 is 2.22 bits per heavy atom. The summed E-state index contributed by atoms with van der Waals surface area (Å²) in [6, 6.07) is 0.279. The van der Waals surface area contributed by atoms with E-state index >= 15 is 0 Å². The maximum absolute atomic E-state index is 13.3. The molecule has 0 unspecified atom stereocenters. The average molecular weight is 587 g/mol.